The number of carbonyl (C=O) groups excluding carboxylic acids is 2. The van der Waals surface area contributed by atoms with Gasteiger partial charge in [-0.2, -0.15) is 0 Å². The van der Waals surface area contributed by atoms with E-state index in [-0.39, 0.29) is 13.2 Å². The number of hydrogen-bond acceptors (Lipinski definition) is 4. The molecule has 0 atom stereocenters. The molecule has 0 bridgehead atoms. The summed E-state index contributed by atoms with van der Waals surface area (Å²) < 4.78 is 10.7. The SMILES string of the molecule is CCCCc1ccc2c(c1-c1ccccc1)CC(C(=O)OCC)(C(=O)OCC)C2. The molecular weight excluding hydrogens is 364 g/mol. The van der Waals surface area contributed by atoms with Crippen LogP contribution in [0, 0.1) is 5.41 Å². The minimum Gasteiger partial charge on any atom is -0.465 e. The van der Waals surface area contributed by atoms with Gasteiger partial charge in [0.05, 0.1) is 13.2 Å². The van der Waals surface area contributed by atoms with E-state index in [0.29, 0.717) is 12.8 Å². The highest BCUT2D eigenvalue weighted by Gasteiger charge is 2.53. The quantitative estimate of drug-likeness (QED) is 0.472. The molecule has 1 aliphatic rings. The van der Waals surface area contributed by atoms with Crippen LogP contribution in [0.2, 0.25) is 0 Å². The maximum Gasteiger partial charge on any atom is 0.324 e. The molecule has 0 aromatic heterocycles. The van der Waals surface area contributed by atoms with Gasteiger partial charge in [0.1, 0.15) is 0 Å². The highest BCUT2D eigenvalue weighted by atomic mass is 16.6. The lowest BCUT2D eigenvalue weighted by Gasteiger charge is -2.24. The number of rotatable bonds is 8. The fraction of sp³-hybridized carbons (Fsp3) is 0.440. The predicted molar refractivity (Wildman–Crippen MR) is 114 cm³/mol. The van der Waals surface area contributed by atoms with Crippen LogP contribution in [0.4, 0.5) is 0 Å². The summed E-state index contributed by atoms with van der Waals surface area (Å²) in [5.74, 6) is -0.965. The summed E-state index contributed by atoms with van der Waals surface area (Å²) in [6, 6.07) is 14.5. The van der Waals surface area contributed by atoms with Crippen LogP contribution in [-0.2, 0) is 38.3 Å². The van der Waals surface area contributed by atoms with Crippen molar-refractivity contribution in [2.75, 3.05) is 13.2 Å². The topological polar surface area (TPSA) is 52.6 Å². The van der Waals surface area contributed by atoms with Crippen LogP contribution in [0.25, 0.3) is 11.1 Å². The lowest BCUT2D eigenvalue weighted by Crippen LogP contribution is -2.43. The van der Waals surface area contributed by atoms with Gasteiger partial charge in [-0.3, -0.25) is 9.59 Å². The van der Waals surface area contributed by atoms with Gasteiger partial charge in [-0.1, -0.05) is 55.8 Å². The summed E-state index contributed by atoms with van der Waals surface area (Å²) in [5.41, 5.74) is 4.36. The molecule has 0 spiro atoms. The first-order chi connectivity index (χ1) is 14.1. The monoisotopic (exact) mass is 394 g/mol. The average molecular weight is 395 g/mol. The Bertz CT molecular complexity index is 852. The summed E-state index contributed by atoms with van der Waals surface area (Å²) in [4.78, 5) is 25.9. The lowest BCUT2D eigenvalue weighted by atomic mass is 9.83. The molecule has 154 valence electrons. The minimum atomic E-state index is -1.29. The van der Waals surface area contributed by atoms with Gasteiger partial charge in [0, 0.05) is 6.42 Å². The second-order valence-electron chi connectivity index (χ2n) is 7.58. The number of benzene rings is 2. The third kappa shape index (κ3) is 4.07. The van der Waals surface area contributed by atoms with Gasteiger partial charge in [-0.05, 0) is 60.9 Å². The largest absolute Gasteiger partial charge is 0.465 e. The average Bonchev–Trinajstić information content (AvgIpc) is 3.14. The molecule has 1 aliphatic carbocycles. The lowest BCUT2D eigenvalue weighted by molar-refractivity contribution is -0.171. The third-order valence-electron chi connectivity index (χ3n) is 5.66. The van der Waals surface area contributed by atoms with Crippen molar-refractivity contribution in [3.8, 4) is 11.1 Å². The fourth-order valence-electron chi connectivity index (χ4n) is 4.25. The molecule has 3 rings (SSSR count). The molecular formula is C25H30O4. The van der Waals surface area contributed by atoms with Crippen molar-refractivity contribution in [3.63, 3.8) is 0 Å². The standard InChI is InChI=1S/C25H30O4/c1-4-7-11-19-14-15-20-16-25(23(26)28-5-2,24(27)29-6-3)17-21(20)22(19)18-12-9-8-10-13-18/h8-10,12-15H,4-7,11,16-17H2,1-3H3. The summed E-state index contributed by atoms with van der Waals surface area (Å²) in [6.45, 7) is 6.18. The Morgan fingerprint density at radius 1 is 0.897 bits per heavy atom. The van der Waals surface area contributed by atoms with E-state index in [2.05, 4.69) is 31.2 Å². The molecule has 0 amide bonds. The van der Waals surface area contributed by atoms with E-state index < -0.39 is 17.4 Å². The van der Waals surface area contributed by atoms with Crippen molar-refractivity contribution in [2.24, 2.45) is 5.41 Å². The van der Waals surface area contributed by atoms with Crippen molar-refractivity contribution in [3.05, 3.63) is 59.2 Å². The molecule has 4 heteroatoms. The first kappa shape index (κ1) is 21.1. The molecule has 0 radical (unpaired) electrons. The summed E-state index contributed by atoms with van der Waals surface area (Å²) >= 11 is 0. The zero-order valence-corrected chi connectivity index (χ0v) is 17.6. The van der Waals surface area contributed by atoms with Crippen molar-refractivity contribution in [2.45, 2.75) is 52.9 Å². The Kier molecular flexibility index (Phi) is 6.73. The van der Waals surface area contributed by atoms with Gasteiger partial charge in [-0.15, -0.1) is 0 Å². The van der Waals surface area contributed by atoms with Crippen LogP contribution in [0.3, 0.4) is 0 Å². The van der Waals surface area contributed by atoms with Gasteiger partial charge < -0.3 is 9.47 Å². The van der Waals surface area contributed by atoms with Crippen LogP contribution in [0.1, 0.15) is 50.3 Å². The molecule has 0 N–H and O–H groups in total. The Morgan fingerprint density at radius 3 is 2.14 bits per heavy atom. The van der Waals surface area contributed by atoms with Crippen molar-refractivity contribution in [1.29, 1.82) is 0 Å². The highest BCUT2D eigenvalue weighted by Crippen LogP contribution is 2.45. The molecule has 0 saturated heterocycles. The fourth-order valence-corrected chi connectivity index (χ4v) is 4.25. The van der Waals surface area contributed by atoms with E-state index in [4.69, 9.17) is 9.47 Å². The van der Waals surface area contributed by atoms with E-state index in [1.165, 1.54) is 5.56 Å². The molecule has 2 aromatic rings. The molecule has 4 nitrogen and oxygen atoms in total. The van der Waals surface area contributed by atoms with Crippen molar-refractivity contribution < 1.29 is 19.1 Å². The molecule has 0 saturated carbocycles. The maximum atomic E-state index is 12.9. The normalized spacial score (nSPS) is 14.3. The van der Waals surface area contributed by atoms with Crippen LogP contribution in [0.5, 0.6) is 0 Å². The number of ether oxygens (including phenoxy) is 2. The number of fused-ring (bicyclic) bond motifs is 1. The molecule has 0 aliphatic heterocycles. The van der Waals surface area contributed by atoms with Crippen LogP contribution in [-0.4, -0.2) is 25.2 Å². The minimum absolute atomic E-state index is 0.240. The van der Waals surface area contributed by atoms with E-state index >= 15 is 0 Å². The molecule has 29 heavy (non-hydrogen) atoms. The van der Waals surface area contributed by atoms with E-state index in [0.717, 1.165) is 41.5 Å². The van der Waals surface area contributed by atoms with Crippen LogP contribution in [0.15, 0.2) is 42.5 Å². The van der Waals surface area contributed by atoms with Crippen molar-refractivity contribution >= 4 is 11.9 Å². The third-order valence-corrected chi connectivity index (χ3v) is 5.66. The van der Waals surface area contributed by atoms with Gasteiger partial charge in [0.15, 0.2) is 5.41 Å². The number of aryl methyl sites for hydroxylation is 1. The molecule has 2 aromatic carbocycles. The molecule has 0 fully saturated rings. The molecule has 0 heterocycles. The van der Waals surface area contributed by atoms with Gasteiger partial charge in [0.25, 0.3) is 0 Å². The summed E-state index contributed by atoms with van der Waals surface area (Å²) in [5, 5.41) is 0. The maximum absolute atomic E-state index is 12.9. The number of hydrogen-bond donors (Lipinski definition) is 0. The zero-order valence-electron chi connectivity index (χ0n) is 17.6. The van der Waals surface area contributed by atoms with E-state index in [1.54, 1.807) is 13.8 Å². The Balaban J connectivity index is 2.12. The number of carbonyl (C=O) groups is 2. The second kappa shape index (κ2) is 9.25. The smallest absolute Gasteiger partial charge is 0.324 e. The Morgan fingerprint density at radius 2 is 1.55 bits per heavy atom. The Hall–Kier alpha value is -2.62. The number of esters is 2. The highest BCUT2D eigenvalue weighted by molar-refractivity contribution is 6.02. The first-order valence-corrected chi connectivity index (χ1v) is 10.6. The number of unbranched alkanes of at least 4 members (excludes halogenated alkanes) is 1. The van der Waals surface area contributed by atoms with Crippen LogP contribution >= 0.6 is 0 Å². The second-order valence-corrected chi connectivity index (χ2v) is 7.58. The van der Waals surface area contributed by atoms with Gasteiger partial charge >= 0.3 is 11.9 Å². The zero-order chi connectivity index (χ0) is 20.9. The Labute approximate surface area is 173 Å². The summed E-state index contributed by atoms with van der Waals surface area (Å²) in [6.07, 6.45) is 3.83. The van der Waals surface area contributed by atoms with E-state index in [9.17, 15) is 9.59 Å². The van der Waals surface area contributed by atoms with Crippen molar-refractivity contribution in [1.82, 2.24) is 0 Å². The predicted octanol–water partition coefficient (Wildman–Crippen LogP) is 4.91. The van der Waals surface area contributed by atoms with Gasteiger partial charge in [0.2, 0.25) is 0 Å². The molecule has 0 unspecified atom stereocenters. The van der Waals surface area contributed by atoms with Crippen LogP contribution < -0.4 is 0 Å². The van der Waals surface area contributed by atoms with E-state index in [1.807, 2.05) is 18.2 Å². The van der Waals surface area contributed by atoms with Gasteiger partial charge in [-0.25, -0.2) is 0 Å². The first-order valence-electron chi connectivity index (χ1n) is 10.6. The summed E-state index contributed by atoms with van der Waals surface area (Å²) in [7, 11) is 0.